The summed E-state index contributed by atoms with van der Waals surface area (Å²) in [6.07, 6.45) is 30.1. The molecule has 0 rings (SSSR count). The van der Waals surface area contributed by atoms with Crippen LogP contribution in [0.15, 0.2) is 0 Å². The van der Waals surface area contributed by atoms with Crippen LogP contribution in [0.2, 0.25) is 0 Å². The number of hydrogen-bond donors (Lipinski definition) is 1. The number of aliphatic hydroxyl groups excluding tert-OH is 1. The average molecular weight is 654 g/mol. The highest BCUT2D eigenvalue weighted by atomic mass is 16.5. The third kappa shape index (κ3) is 30.2. The van der Waals surface area contributed by atoms with Gasteiger partial charge in [0, 0.05) is 13.0 Å². The summed E-state index contributed by atoms with van der Waals surface area (Å²) in [5.41, 5.74) is 0. The second-order valence-corrected chi connectivity index (χ2v) is 14.0. The van der Waals surface area contributed by atoms with Gasteiger partial charge < -0.3 is 19.5 Å². The van der Waals surface area contributed by atoms with Crippen LogP contribution >= 0.6 is 0 Å². The van der Waals surface area contributed by atoms with Gasteiger partial charge in [-0.25, -0.2) is 0 Å². The van der Waals surface area contributed by atoms with E-state index in [1.54, 1.807) is 0 Å². The van der Waals surface area contributed by atoms with Crippen molar-refractivity contribution in [2.45, 2.75) is 195 Å². The molecule has 0 saturated carbocycles. The predicted molar refractivity (Wildman–Crippen MR) is 195 cm³/mol. The fourth-order valence-corrected chi connectivity index (χ4v) is 6.46. The second kappa shape index (κ2) is 35.2. The SMILES string of the molecule is CCCCCCCCCOC(=O)CCCCCCCN(CCO)CCCCCCC(C)C(=O)OCCCCCC(CCC)CCC. The Labute approximate surface area is 286 Å². The van der Waals surface area contributed by atoms with Crippen LogP contribution in [-0.2, 0) is 19.1 Å². The quantitative estimate of drug-likeness (QED) is 0.0536. The minimum atomic E-state index is -0.0336. The van der Waals surface area contributed by atoms with E-state index >= 15 is 0 Å². The van der Waals surface area contributed by atoms with E-state index < -0.39 is 0 Å². The molecule has 0 saturated heterocycles. The van der Waals surface area contributed by atoms with Crippen molar-refractivity contribution in [2.75, 3.05) is 39.5 Å². The number of unbranched alkanes of at least 4 members (excludes halogenated alkanes) is 15. The number of carbonyl (C=O) groups is 2. The van der Waals surface area contributed by atoms with E-state index in [1.807, 2.05) is 6.92 Å². The van der Waals surface area contributed by atoms with Gasteiger partial charge in [0.15, 0.2) is 0 Å². The first kappa shape index (κ1) is 44.9. The molecular formula is C40H79NO5. The zero-order chi connectivity index (χ0) is 33.9. The fourth-order valence-electron chi connectivity index (χ4n) is 6.46. The van der Waals surface area contributed by atoms with Gasteiger partial charge >= 0.3 is 11.9 Å². The van der Waals surface area contributed by atoms with Gasteiger partial charge in [0.05, 0.1) is 25.7 Å². The Hall–Kier alpha value is -1.14. The van der Waals surface area contributed by atoms with Crippen molar-refractivity contribution < 1.29 is 24.2 Å². The molecule has 0 heterocycles. The monoisotopic (exact) mass is 654 g/mol. The van der Waals surface area contributed by atoms with E-state index in [9.17, 15) is 14.7 Å². The molecule has 274 valence electrons. The molecular weight excluding hydrogens is 574 g/mol. The Kier molecular flexibility index (Phi) is 34.3. The number of aliphatic hydroxyl groups is 1. The van der Waals surface area contributed by atoms with E-state index in [4.69, 9.17) is 9.47 Å². The Morgan fingerprint density at radius 2 is 1.04 bits per heavy atom. The van der Waals surface area contributed by atoms with Gasteiger partial charge in [0.1, 0.15) is 0 Å². The minimum absolute atomic E-state index is 0.00933. The Balaban J connectivity index is 3.71. The van der Waals surface area contributed by atoms with Gasteiger partial charge in [0.25, 0.3) is 0 Å². The highest BCUT2D eigenvalue weighted by Gasteiger charge is 2.14. The first-order chi connectivity index (χ1) is 22.5. The van der Waals surface area contributed by atoms with Crippen molar-refractivity contribution in [1.29, 1.82) is 0 Å². The molecule has 0 spiro atoms. The molecule has 6 nitrogen and oxygen atoms in total. The lowest BCUT2D eigenvalue weighted by Gasteiger charge is -2.21. The van der Waals surface area contributed by atoms with Crippen molar-refractivity contribution in [3.63, 3.8) is 0 Å². The molecule has 1 atom stereocenters. The molecule has 0 aliphatic heterocycles. The molecule has 1 N–H and O–H groups in total. The van der Waals surface area contributed by atoms with Crippen molar-refractivity contribution >= 4 is 11.9 Å². The first-order valence-electron chi connectivity index (χ1n) is 20.1. The van der Waals surface area contributed by atoms with Crippen LogP contribution in [0.25, 0.3) is 0 Å². The zero-order valence-corrected chi connectivity index (χ0v) is 31.3. The van der Waals surface area contributed by atoms with E-state index in [2.05, 4.69) is 25.7 Å². The Bertz CT molecular complexity index is 652. The van der Waals surface area contributed by atoms with Gasteiger partial charge in [-0.2, -0.15) is 0 Å². The number of rotatable bonds is 36. The van der Waals surface area contributed by atoms with Gasteiger partial charge in [-0.05, 0) is 57.5 Å². The molecule has 0 aliphatic carbocycles. The van der Waals surface area contributed by atoms with Crippen LogP contribution in [0.3, 0.4) is 0 Å². The smallest absolute Gasteiger partial charge is 0.308 e. The second-order valence-electron chi connectivity index (χ2n) is 14.0. The van der Waals surface area contributed by atoms with Crippen LogP contribution in [-0.4, -0.2) is 61.4 Å². The zero-order valence-electron chi connectivity index (χ0n) is 31.3. The molecule has 0 fully saturated rings. The summed E-state index contributed by atoms with van der Waals surface area (Å²) in [4.78, 5) is 26.7. The number of esters is 2. The van der Waals surface area contributed by atoms with Crippen LogP contribution in [0, 0.1) is 11.8 Å². The molecule has 0 radical (unpaired) electrons. The van der Waals surface area contributed by atoms with Crippen LogP contribution in [0.5, 0.6) is 0 Å². The summed E-state index contributed by atoms with van der Waals surface area (Å²) in [6, 6.07) is 0. The maximum atomic E-state index is 12.4. The van der Waals surface area contributed by atoms with Crippen LogP contribution in [0.4, 0.5) is 0 Å². The van der Waals surface area contributed by atoms with E-state index in [-0.39, 0.29) is 24.5 Å². The topological polar surface area (TPSA) is 76.1 Å². The number of ether oxygens (including phenoxy) is 2. The number of carbonyl (C=O) groups excluding carboxylic acids is 2. The maximum Gasteiger partial charge on any atom is 0.308 e. The lowest BCUT2D eigenvalue weighted by atomic mass is 9.92. The standard InChI is InChI=1S/C40H79NO5/c1-5-8-9-10-11-17-24-35-45-39(43)30-21-13-12-15-22-31-41(33-34-42)32-23-16-14-19-28-37(4)40(44)46-36-25-18-20-29-38(26-6-2)27-7-3/h37-38,42H,5-36H2,1-4H3. The third-order valence-corrected chi connectivity index (χ3v) is 9.44. The van der Waals surface area contributed by atoms with Gasteiger partial charge in [0.2, 0.25) is 0 Å². The summed E-state index contributed by atoms with van der Waals surface area (Å²) in [5, 5.41) is 9.49. The average Bonchev–Trinajstić information content (AvgIpc) is 3.04. The van der Waals surface area contributed by atoms with Crippen molar-refractivity contribution in [2.24, 2.45) is 11.8 Å². The summed E-state index contributed by atoms with van der Waals surface area (Å²) < 4.78 is 11.0. The lowest BCUT2D eigenvalue weighted by Crippen LogP contribution is -2.29. The molecule has 0 aromatic carbocycles. The molecule has 0 bridgehead atoms. The van der Waals surface area contributed by atoms with Gasteiger partial charge in [-0.15, -0.1) is 0 Å². The van der Waals surface area contributed by atoms with E-state index in [0.29, 0.717) is 19.6 Å². The summed E-state index contributed by atoms with van der Waals surface area (Å²) >= 11 is 0. The maximum absolute atomic E-state index is 12.4. The van der Waals surface area contributed by atoms with Crippen LogP contribution in [0.1, 0.15) is 195 Å². The van der Waals surface area contributed by atoms with Crippen LogP contribution < -0.4 is 0 Å². The number of nitrogens with zero attached hydrogens (tertiary/aromatic N) is 1. The normalized spacial score (nSPS) is 12.2. The van der Waals surface area contributed by atoms with Crippen molar-refractivity contribution in [1.82, 2.24) is 4.90 Å². The Morgan fingerprint density at radius 1 is 0.543 bits per heavy atom. The molecule has 6 heteroatoms. The van der Waals surface area contributed by atoms with Gasteiger partial charge in [-0.1, -0.05) is 150 Å². The highest BCUT2D eigenvalue weighted by molar-refractivity contribution is 5.71. The third-order valence-electron chi connectivity index (χ3n) is 9.44. The lowest BCUT2D eigenvalue weighted by molar-refractivity contribution is -0.148. The van der Waals surface area contributed by atoms with Crippen molar-refractivity contribution in [3.8, 4) is 0 Å². The first-order valence-corrected chi connectivity index (χ1v) is 20.1. The minimum Gasteiger partial charge on any atom is -0.466 e. The van der Waals surface area contributed by atoms with Gasteiger partial charge in [-0.3, -0.25) is 9.59 Å². The van der Waals surface area contributed by atoms with Crippen molar-refractivity contribution in [3.05, 3.63) is 0 Å². The summed E-state index contributed by atoms with van der Waals surface area (Å²) in [7, 11) is 0. The Morgan fingerprint density at radius 3 is 1.65 bits per heavy atom. The molecule has 0 amide bonds. The molecule has 0 aromatic heterocycles. The summed E-state index contributed by atoms with van der Waals surface area (Å²) in [5.74, 6) is 0.812. The molecule has 46 heavy (non-hydrogen) atoms. The predicted octanol–water partition coefficient (Wildman–Crippen LogP) is 10.8. The fraction of sp³-hybridized carbons (Fsp3) is 0.950. The highest BCUT2D eigenvalue weighted by Crippen LogP contribution is 2.21. The largest absolute Gasteiger partial charge is 0.466 e. The van der Waals surface area contributed by atoms with E-state index in [1.165, 1.54) is 83.5 Å². The molecule has 0 aliphatic rings. The molecule has 1 unspecified atom stereocenters. The molecule has 0 aromatic rings. The number of hydrogen-bond acceptors (Lipinski definition) is 6. The van der Waals surface area contributed by atoms with E-state index in [0.717, 1.165) is 103 Å². The summed E-state index contributed by atoms with van der Waals surface area (Å²) in [6.45, 7) is 13.0.